The first-order valence-corrected chi connectivity index (χ1v) is 7.06. The summed E-state index contributed by atoms with van der Waals surface area (Å²) >= 11 is 0. The maximum Gasteiger partial charge on any atom is 0.411 e. The fourth-order valence-corrected chi connectivity index (χ4v) is 2.71. The number of rotatable bonds is 2. The number of pyridine rings is 1. The Bertz CT molecular complexity index is 779. The quantitative estimate of drug-likeness (QED) is 0.922. The van der Waals surface area contributed by atoms with Crippen molar-refractivity contribution in [2.24, 2.45) is 7.05 Å². The Morgan fingerprint density at radius 3 is 2.65 bits per heavy atom. The second kappa shape index (κ2) is 4.84. The molecule has 2 aromatic rings. The highest BCUT2D eigenvalue weighted by molar-refractivity contribution is 5.92. The van der Waals surface area contributed by atoms with Crippen molar-refractivity contribution in [2.45, 2.75) is 31.5 Å². The summed E-state index contributed by atoms with van der Waals surface area (Å²) in [6.45, 7) is 1.80. The first kappa shape index (κ1) is 15.6. The van der Waals surface area contributed by atoms with Gasteiger partial charge in [-0.3, -0.25) is 4.68 Å². The zero-order valence-electron chi connectivity index (χ0n) is 12.9. The van der Waals surface area contributed by atoms with Crippen molar-refractivity contribution in [2.75, 3.05) is 12.4 Å². The van der Waals surface area contributed by atoms with Crippen LogP contribution in [0.15, 0.2) is 12.3 Å². The summed E-state index contributed by atoms with van der Waals surface area (Å²) in [4.78, 5) is 17.1. The molecule has 9 heteroatoms. The van der Waals surface area contributed by atoms with Crippen LogP contribution in [0.4, 0.5) is 23.7 Å². The van der Waals surface area contributed by atoms with E-state index in [-0.39, 0.29) is 12.8 Å². The van der Waals surface area contributed by atoms with Crippen LogP contribution in [0.2, 0.25) is 0 Å². The molecule has 0 radical (unpaired) electrons. The number of hydrogen-bond donors (Lipinski definition) is 1. The lowest BCUT2D eigenvalue weighted by molar-refractivity contribution is -0.184. The molecule has 0 aliphatic heterocycles. The number of amides is 2. The number of anilines is 1. The van der Waals surface area contributed by atoms with E-state index in [0.29, 0.717) is 11.3 Å². The average Bonchev–Trinajstić information content (AvgIpc) is 3.22. The molecule has 6 nitrogen and oxygen atoms in total. The van der Waals surface area contributed by atoms with Gasteiger partial charge in [-0.1, -0.05) is 0 Å². The van der Waals surface area contributed by atoms with E-state index in [2.05, 4.69) is 15.4 Å². The zero-order valence-corrected chi connectivity index (χ0v) is 12.9. The highest BCUT2D eigenvalue weighted by atomic mass is 19.4. The van der Waals surface area contributed by atoms with Gasteiger partial charge in [-0.25, -0.2) is 9.78 Å². The molecule has 2 heterocycles. The van der Waals surface area contributed by atoms with E-state index >= 15 is 0 Å². The Balaban J connectivity index is 1.82. The van der Waals surface area contributed by atoms with Gasteiger partial charge >= 0.3 is 12.2 Å². The predicted octanol–water partition coefficient (Wildman–Crippen LogP) is 2.84. The van der Waals surface area contributed by atoms with Gasteiger partial charge in [0.2, 0.25) is 0 Å². The van der Waals surface area contributed by atoms with Crippen LogP contribution < -0.4 is 5.32 Å². The number of hydrogen-bond acceptors (Lipinski definition) is 3. The van der Waals surface area contributed by atoms with E-state index in [0.717, 1.165) is 23.0 Å². The average molecular weight is 327 g/mol. The lowest BCUT2D eigenvalue weighted by Crippen LogP contribution is -2.50. The summed E-state index contributed by atoms with van der Waals surface area (Å²) in [6.07, 6.45) is -3.16. The van der Waals surface area contributed by atoms with Crippen molar-refractivity contribution in [3.05, 3.63) is 18.0 Å². The molecule has 2 aromatic heterocycles. The SMILES string of the molecule is Cc1nn(C)c2ncc(NC(=O)N(C)C3(C(F)(F)F)CC3)cc12. The lowest BCUT2D eigenvalue weighted by atomic mass is 10.2. The molecule has 1 fully saturated rings. The Morgan fingerprint density at radius 2 is 2.09 bits per heavy atom. The molecule has 3 rings (SSSR count). The van der Waals surface area contributed by atoms with Crippen molar-refractivity contribution < 1.29 is 18.0 Å². The first-order chi connectivity index (χ1) is 10.7. The van der Waals surface area contributed by atoms with Crippen LogP contribution >= 0.6 is 0 Å². The van der Waals surface area contributed by atoms with E-state index in [9.17, 15) is 18.0 Å². The van der Waals surface area contributed by atoms with Gasteiger partial charge in [-0.05, 0) is 25.8 Å². The van der Waals surface area contributed by atoms with Crippen LogP contribution in [-0.4, -0.2) is 44.5 Å². The molecule has 124 valence electrons. The fraction of sp³-hybridized carbons (Fsp3) is 0.500. The fourth-order valence-electron chi connectivity index (χ4n) is 2.71. The number of halogens is 3. The van der Waals surface area contributed by atoms with Crippen molar-refractivity contribution in [3.8, 4) is 0 Å². The van der Waals surface area contributed by atoms with Gasteiger partial charge in [0.1, 0.15) is 5.54 Å². The zero-order chi connectivity index (χ0) is 17.0. The van der Waals surface area contributed by atoms with Crippen molar-refractivity contribution in [3.63, 3.8) is 0 Å². The van der Waals surface area contributed by atoms with Crippen LogP contribution in [0.25, 0.3) is 11.0 Å². The van der Waals surface area contributed by atoms with E-state index in [1.807, 2.05) is 0 Å². The molecule has 1 aliphatic carbocycles. The number of carbonyl (C=O) groups is 1. The molecule has 0 atom stereocenters. The Morgan fingerprint density at radius 1 is 1.43 bits per heavy atom. The maximum absolute atomic E-state index is 13.1. The normalized spacial score (nSPS) is 16.4. The minimum Gasteiger partial charge on any atom is -0.313 e. The van der Waals surface area contributed by atoms with Gasteiger partial charge in [0.15, 0.2) is 5.65 Å². The van der Waals surface area contributed by atoms with Gasteiger partial charge in [0, 0.05) is 19.5 Å². The number of nitrogens with zero attached hydrogens (tertiary/aromatic N) is 4. The van der Waals surface area contributed by atoms with Gasteiger partial charge in [0.25, 0.3) is 0 Å². The lowest BCUT2D eigenvalue weighted by Gasteiger charge is -2.30. The highest BCUT2D eigenvalue weighted by Gasteiger charge is 2.67. The topological polar surface area (TPSA) is 63.1 Å². The van der Waals surface area contributed by atoms with Gasteiger partial charge in [0.05, 0.1) is 17.6 Å². The number of aromatic nitrogens is 3. The van der Waals surface area contributed by atoms with Crippen LogP contribution in [0.1, 0.15) is 18.5 Å². The summed E-state index contributed by atoms with van der Waals surface area (Å²) in [5.74, 6) is 0. The third-order valence-corrected chi connectivity index (χ3v) is 4.31. The van der Waals surface area contributed by atoms with E-state index in [4.69, 9.17) is 0 Å². The smallest absolute Gasteiger partial charge is 0.313 e. The summed E-state index contributed by atoms with van der Waals surface area (Å²) < 4.78 is 40.8. The predicted molar refractivity (Wildman–Crippen MR) is 78.0 cm³/mol. The number of carbonyl (C=O) groups excluding carboxylic acids is 1. The number of nitrogens with one attached hydrogen (secondary N) is 1. The summed E-state index contributed by atoms with van der Waals surface area (Å²) in [6, 6.07) is 0.853. The molecule has 1 N–H and O–H groups in total. The second-order valence-corrected chi connectivity index (χ2v) is 5.82. The minimum absolute atomic E-state index is 0.0700. The number of aryl methyl sites for hydroxylation is 2. The monoisotopic (exact) mass is 327 g/mol. The minimum atomic E-state index is -4.43. The largest absolute Gasteiger partial charge is 0.411 e. The number of fused-ring (bicyclic) bond motifs is 1. The molecule has 0 spiro atoms. The van der Waals surface area contributed by atoms with Crippen molar-refractivity contribution >= 4 is 22.8 Å². The van der Waals surface area contributed by atoms with Crippen molar-refractivity contribution in [1.29, 1.82) is 0 Å². The molecule has 1 aliphatic rings. The van der Waals surface area contributed by atoms with Crippen LogP contribution in [0, 0.1) is 6.92 Å². The molecule has 0 aromatic carbocycles. The first-order valence-electron chi connectivity index (χ1n) is 7.06. The van der Waals surface area contributed by atoms with E-state index in [1.165, 1.54) is 6.20 Å². The van der Waals surface area contributed by atoms with Crippen LogP contribution in [0.5, 0.6) is 0 Å². The molecule has 23 heavy (non-hydrogen) atoms. The van der Waals surface area contributed by atoms with E-state index in [1.54, 1.807) is 24.7 Å². The van der Waals surface area contributed by atoms with Crippen LogP contribution in [0.3, 0.4) is 0 Å². The third-order valence-electron chi connectivity index (χ3n) is 4.31. The molecule has 1 saturated carbocycles. The van der Waals surface area contributed by atoms with Gasteiger partial charge < -0.3 is 10.2 Å². The molecule has 2 amide bonds. The molecule has 0 unspecified atom stereocenters. The van der Waals surface area contributed by atoms with Crippen LogP contribution in [-0.2, 0) is 7.05 Å². The Hall–Kier alpha value is -2.32. The van der Waals surface area contributed by atoms with Gasteiger partial charge in [-0.15, -0.1) is 0 Å². The molecular formula is C14H16F3N5O. The molecule has 0 bridgehead atoms. The summed E-state index contributed by atoms with van der Waals surface area (Å²) in [5, 5.41) is 7.43. The maximum atomic E-state index is 13.1. The van der Waals surface area contributed by atoms with Crippen molar-refractivity contribution in [1.82, 2.24) is 19.7 Å². The second-order valence-electron chi connectivity index (χ2n) is 5.82. The summed E-state index contributed by atoms with van der Waals surface area (Å²) in [7, 11) is 2.91. The number of alkyl halides is 3. The molecular weight excluding hydrogens is 311 g/mol. The van der Waals surface area contributed by atoms with Gasteiger partial charge in [-0.2, -0.15) is 18.3 Å². The molecule has 0 saturated heterocycles. The Labute approximate surface area is 130 Å². The highest BCUT2D eigenvalue weighted by Crippen LogP contribution is 2.53. The van der Waals surface area contributed by atoms with E-state index < -0.39 is 17.7 Å². The third kappa shape index (κ3) is 2.40. The summed E-state index contributed by atoms with van der Waals surface area (Å²) in [5.41, 5.74) is -0.335. The Kier molecular flexibility index (Phi) is 3.27. The standard InChI is InChI=1S/C14H16F3N5O/c1-8-10-6-9(7-18-11(10)22(3)20-8)19-12(23)21(2)13(4-5-13)14(15,16)17/h6-7H,4-5H2,1-3H3,(H,19,23). The number of urea groups is 1.